The quantitative estimate of drug-likeness (QED) is 0.336. The molecule has 4 heteroatoms. The van der Waals surface area contributed by atoms with Gasteiger partial charge in [0.25, 0.3) is 0 Å². The summed E-state index contributed by atoms with van der Waals surface area (Å²) in [6.07, 6.45) is 14.8. The molecule has 0 radical (unpaired) electrons. The number of piperidine rings is 1. The van der Waals surface area contributed by atoms with E-state index in [9.17, 15) is 0 Å². The lowest BCUT2D eigenvalue weighted by Crippen LogP contribution is -2.55. The Morgan fingerprint density at radius 3 is 2.40 bits per heavy atom. The molecule has 1 heterocycles. The fourth-order valence-electron chi connectivity index (χ4n) is 4.47. The highest BCUT2D eigenvalue weighted by Gasteiger charge is 2.35. The number of hydrogen-bond donors (Lipinski definition) is 2. The minimum atomic E-state index is 0.499. The molecule has 0 amide bonds. The summed E-state index contributed by atoms with van der Waals surface area (Å²) in [6, 6.07) is 1.19. The second-order valence-electron chi connectivity index (χ2n) is 6.84. The van der Waals surface area contributed by atoms with Gasteiger partial charge in [-0.05, 0) is 44.4 Å². The fraction of sp³-hybridized carbons (Fsp3) is 0.938. The third-order valence-corrected chi connectivity index (χ3v) is 5.52. The van der Waals surface area contributed by atoms with E-state index in [0.717, 1.165) is 18.4 Å². The smallest absolute Gasteiger partial charge is 0.208 e. The summed E-state index contributed by atoms with van der Waals surface area (Å²) >= 11 is 0. The summed E-state index contributed by atoms with van der Waals surface area (Å²) in [7, 11) is 0. The molecule has 2 atom stereocenters. The molecule has 20 heavy (non-hydrogen) atoms. The standard InChI is InChI=1S/C16H30N4/c17-19-16(18-14-9-2-1-3-10-14)20-12-6-8-13-7-4-5-11-15(13)20/h13-15H,1-12,17H2,(H,18,19). The maximum absolute atomic E-state index is 5.82. The Labute approximate surface area is 123 Å². The van der Waals surface area contributed by atoms with Crippen molar-refractivity contribution in [2.45, 2.75) is 82.7 Å². The maximum Gasteiger partial charge on any atom is 0.208 e. The highest BCUT2D eigenvalue weighted by atomic mass is 15.4. The van der Waals surface area contributed by atoms with Gasteiger partial charge in [0.15, 0.2) is 0 Å². The first-order valence-corrected chi connectivity index (χ1v) is 8.69. The molecule has 3 N–H and O–H groups in total. The number of nitrogens with two attached hydrogens (primary N) is 1. The number of hydrazine groups is 1. The van der Waals surface area contributed by atoms with Gasteiger partial charge in [-0.1, -0.05) is 32.1 Å². The molecule has 0 bridgehead atoms. The van der Waals surface area contributed by atoms with Gasteiger partial charge in [-0.2, -0.15) is 0 Å². The highest BCUT2D eigenvalue weighted by molar-refractivity contribution is 5.80. The summed E-state index contributed by atoms with van der Waals surface area (Å²) in [5.41, 5.74) is 2.93. The lowest BCUT2D eigenvalue weighted by Gasteiger charge is -2.45. The van der Waals surface area contributed by atoms with E-state index in [-0.39, 0.29) is 0 Å². The summed E-state index contributed by atoms with van der Waals surface area (Å²) < 4.78 is 0. The third kappa shape index (κ3) is 3.11. The molecular weight excluding hydrogens is 248 g/mol. The first-order valence-electron chi connectivity index (χ1n) is 8.69. The van der Waals surface area contributed by atoms with E-state index in [1.807, 2.05) is 0 Å². The molecule has 0 aromatic heterocycles. The molecule has 0 aromatic rings. The summed E-state index contributed by atoms with van der Waals surface area (Å²) in [5, 5.41) is 0. The minimum absolute atomic E-state index is 0.499. The number of nitrogens with one attached hydrogen (secondary N) is 1. The molecule has 3 aliphatic rings. The zero-order chi connectivity index (χ0) is 13.8. The Bertz CT molecular complexity index is 333. The molecule has 2 aliphatic carbocycles. The molecule has 4 nitrogen and oxygen atoms in total. The number of hydrogen-bond acceptors (Lipinski definition) is 2. The number of aliphatic imine (C=N–C) groups is 1. The van der Waals surface area contributed by atoms with Crippen LogP contribution >= 0.6 is 0 Å². The Morgan fingerprint density at radius 2 is 1.60 bits per heavy atom. The summed E-state index contributed by atoms with van der Waals surface area (Å²) in [4.78, 5) is 7.48. The number of fused-ring (bicyclic) bond motifs is 1. The van der Waals surface area contributed by atoms with Crippen molar-refractivity contribution in [3.8, 4) is 0 Å². The first-order chi connectivity index (χ1) is 9.88. The van der Waals surface area contributed by atoms with Crippen LogP contribution < -0.4 is 11.3 Å². The van der Waals surface area contributed by atoms with Crippen LogP contribution in [0.15, 0.2) is 4.99 Å². The van der Waals surface area contributed by atoms with Crippen LogP contribution in [0, 0.1) is 5.92 Å². The second-order valence-corrected chi connectivity index (χ2v) is 6.84. The zero-order valence-electron chi connectivity index (χ0n) is 12.7. The van der Waals surface area contributed by atoms with Gasteiger partial charge in [0.1, 0.15) is 0 Å². The lowest BCUT2D eigenvalue weighted by molar-refractivity contribution is 0.115. The molecule has 1 aliphatic heterocycles. The van der Waals surface area contributed by atoms with Crippen molar-refractivity contribution in [3.05, 3.63) is 0 Å². The van der Waals surface area contributed by atoms with Crippen LogP contribution in [0.1, 0.15) is 70.6 Å². The molecular formula is C16H30N4. The topological polar surface area (TPSA) is 53.6 Å². The Balaban J connectivity index is 1.71. The van der Waals surface area contributed by atoms with Crippen molar-refractivity contribution in [2.75, 3.05) is 6.54 Å². The monoisotopic (exact) mass is 278 g/mol. The predicted octanol–water partition coefficient (Wildman–Crippen LogP) is 2.79. The molecule has 114 valence electrons. The number of nitrogens with zero attached hydrogens (tertiary/aromatic N) is 2. The maximum atomic E-state index is 5.82. The third-order valence-electron chi connectivity index (χ3n) is 5.52. The van der Waals surface area contributed by atoms with Crippen LogP contribution in [0.5, 0.6) is 0 Å². The Kier molecular flexibility index (Phi) is 4.81. The minimum Gasteiger partial charge on any atom is -0.339 e. The van der Waals surface area contributed by atoms with Crippen LogP contribution in [0.25, 0.3) is 0 Å². The second kappa shape index (κ2) is 6.79. The van der Waals surface area contributed by atoms with Gasteiger partial charge >= 0.3 is 0 Å². The van der Waals surface area contributed by atoms with Gasteiger partial charge in [0, 0.05) is 12.6 Å². The van der Waals surface area contributed by atoms with E-state index in [0.29, 0.717) is 12.1 Å². The van der Waals surface area contributed by atoms with Crippen molar-refractivity contribution in [3.63, 3.8) is 0 Å². The SMILES string of the molecule is NNC(=NC1CCCCC1)N1CCCC2CCCCC21. The van der Waals surface area contributed by atoms with Crippen LogP contribution in [0.4, 0.5) is 0 Å². The van der Waals surface area contributed by atoms with E-state index < -0.39 is 0 Å². The summed E-state index contributed by atoms with van der Waals surface area (Å²) in [6.45, 7) is 1.14. The summed E-state index contributed by atoms with van der Waals surface area (Å²) in [5.74, 6) is 7.68. The average molecular weight is 278 g/mol. The van der Waals surface area contributed by atoms with Gasteiger partial charge in [0.2, 0.25) is 5.96 Å². The van der Waals surface area contributed by atoms with E-state index >= 15 is 0 Å². The zero-order valence-corrected chi connectivity index (χ0v) is 12.7. The van der Waals surface area contributed by atoms with Crippen LogP contribution in [-0.2, 0) is 0 Å². The molecule has 2 saturated carbocycles. The van der Waals surface area contributed by atoms with Crippen LogP contribution in [0.2, 0.25) is 0 Å². The lowest BCUT2D eigenvalue weighted by atomic mass is 9.78. The first kappa shape index (κ1) is 14.2. The van der Waals surface area contributed by atoms with E-state index in [1.54, 1.807) is 0 Å². The Hall–Kier alpha value is -0.770. The molecule has 3 fully saturated rings. The van der Waals surface area contributed by atoms with E-state index in [2.05, 4.69) is 10.3 Å². The highest BCUT2D eigenvalue weighted by Crippen LogP contribution is 2.35. The van der Waals surface area contributed by atoms with Gasteiger partial charge < -0.3 is 4.90 Å². The van der Waals surface area contributed by atoms with Crippen molar-refractivity contribution in [1.82, 2.24) is 10.3 Å². The predicted molar refractivity (Wildman–Crippen MR) is 83.3 cm³/mol. The van der Waals surface area contributed by atoms with Gasteiger partial charge in [-0.25, -0.2) is 10.8 Å². The van der Waals surface area contributed by atoms with E-state index in [4.69, 9.17) is 10.8 Å². The molecule has 3 rings (SSSR count). The molecule has 0 spiro atoms. The number of guanidine groups is 1. The Morgan fingerprint density at radius 1 is 0.900 bits per heavy atom. The van der Waals surface area contributed by atoms with E-state index in [1.165, 1.54) is 70.6 Å². The fourth-order valence-corrected chi connectivity index (χ4v) is 4.47. The van der Waals surface area contributed by atoms with Gasteiger partial charge in [-0.3, -0.25) is 5.43 Å². The number of rotatable bonds is 1. The molecule has 2 unspecified atom stereocenters. The average Bonchev–Trinajstić information content (AvgIpc) is 2.53. The van der Waals surface area contributed by atoms with Gasteiger partial charge in [-0.15, -0.1) is 0 Å². The van der Waals surface area contributed by atoms with Gasteiger partial charge in [0.05, 0.1) is 6.04 Å². The van der Waals surface area contributed by atoms with Crippen molar-refractivity contribution in [1.29, 1.82) is 0 Å². The van der Waals surface area contributed by atoms with Crippen molar-refractivity contribution < 1.29 is 0 Å². The van der Waals surface area contributed by atoms with Crippen LogP contribution in [0.3, 0.4) is 0 Å². The van der Waals surface area contributed by atoms with Crippen molar-refractivity contribution >= 4 is 5.96 Å². The molecule has 1 saturated heterocycles. The number of likely N-dealkylation sites (tertiary alicyclic amines) is 1. The van der Waals surface area contributed by atoms with Crippen molar-refractivity contribution in [2.24, 2.45) is 16.8 Å². The normalized spacial score (nSPS) is 32.9. The van der Waals surface area contributed by atoms with Crippen LogP contribution in [-0.4, -0.2) is 29.5 Å². The largest absolute Gasteiger partial charge is 0.339 e. The molecule has 0 aromatic carbocycles.